The molecular weight excluding hydrogens is 848 g/mol. The number of hydrogen-bond donors (Lipinski definition) is 9. The lowest BCUT2D eigenvalue weighted by Gasteiger charge is -2.20. The fourth-order valence-corrected chi connectivity index (χ4v) is 8.42. The summed E-state index contributed by atoms with van der Waals surface area (Å²) in [6.07, 6.45) is -7.65. The predicted octanol–water partition coefficient (Wildman–Crippen LogP) is -1.31. The molecule has 2 aromatic heterocycles. The Kier molecular flexibility index (Phi) is 14.8. The number of benzene rings is 1. The van der Waals surface area contributed by atoms with Crippen LogP contribution in [0.5, 0.6) is 0 Å². The molecular formula is C25H32N4O23P4. The number of nitrogens with one attached hydrogen (secondary N) is 2. The second kappa shape index (κ2) is 18.4. The minimum absolute atomic E-state index is 0.0746. The van der Waals surface area contributed by atoms with Gasteiger partial charge < -0.3 is 58.2 Å². The molecule has 0 amide bonds. The van der Waals surface area contributed by atoms with Gasteiger partial charge in [-0.15, -0.1) is 0 Å². The van der Waals surface area contributed by atoms with Crippen LogP contribution in [0.15, 0.2) is 74.0 Å². The Morgan fingerprint density at radius 2 is 1.25 bits per heavy atom. The van der Waals surface area contributed by atoms with Crippen molar-refractivity contribution in [3.8, 4) is 0 Å². The number of aromatic nitrogens is 4. The third kappa shape index (κ3) is 13.8. The van der Waals surface area contributed by atoms with Crippen molar-refractivity contribution in [3.63, 3.8) is 0 Å². The Balaban J connectivity index is 0.000000249. The minimum Gasteiger partial charge on any atom is -0.454 e. The van der Waals surface area contributed by atoms with Crippen molar-refractivity contribution < 1.29 is 89.8 Å². The summed E-state index contributed by atoms with van der Waals surface area (Å²) in [5, 5.41) is 9.94. The first-order chi connectivity index (χ1) is 25.9. The molecule has 31 heteroatoms. The highest BCUT2D eigenvalue weighted by atomic mass is 31.3. The standard InChI is InChI=1S/C16H17N2O9P.C9H15N2O14P3/c19-12-6-7-18(16(21)17-12)14-11(8-13(27-14)25-9-28(22,23)24)26-15(20)10-4-2-1-3-5-10;12-5-3-7(23-8(5)11-2-1-6(13)10-9(11)14)22-4-26(15,16)24-28(20,21)25-27(17,18)19/h1-7,11,13-14H,8-9H2,(H,17,19,21)(H2,22,23,24);1-2,5,7-8,12H,3-4H2,(H,15,16)(H,20,21)(H,10,13,14)(H2,17,18,19)/t11-,13-,14+;5-,7-,8+/m00/s1. The van der Waals surface area contributed by atoms with Crippen LogP contribution in [0.25, 0.3) is 0 Å². The first kappa shape index (κ1) is 45.2. The van der Waals surface area contributed by atoms with Crippen LogP contribution in [0.1, 0.15) is 35.7 Å². The number of aromatic amines is 2. The van der Waals surface area contributed by atoms with Gasteiger partial charge in [0.1, 0.15) is 6.10 Å². The maximum Gasteiger partial charge on any atom is 0.488 e. The number of aliphatic hydroxyl groups is 1. The highest BCUT2D eigenvalue weighted by Gasteiger charge is 2.43. The summed E-state index contributed by atoms with van der Waals surface area (Å²) < 4.78 is 79.5. The quantitative estimate of drug-likeness (QED) is 0.0670. The molecule has 56 heavy (non-hydrogen) atoms. The number of carbonyl (C=O) groups excluding carboxylic acids is 1. The first-order valence-electron chi connectivity index (χ1n) is 15.2. The van der Waals surface area contributed by atoms with Crippen molar-refractivity contribution in [3.05, 3.63) is 102 Å². The molecule has 0 spiro atoms. The highest BCUT2D eigenvalue weighted by molar-refractivity contribution is 7.68. The van der Waals surface area contributed by atoms with E-state index in [9.17, 15) is 52.2 Å². The SMILES string of the molecule is O=C(O[C@H]1C[C@@H](OCP(=O)(O)O)O[C@H]1n1ccc(=O)[nH]c1=O)c1ccccc1.O=c1ccn([C@@H]2O[C@H](OCP(=O)(O)OP(=O)(O)OP(=O)(O)O)C[C@@H]2O)c(=O)[nH]1. The Morgan fingerprint density at radius 3 is 1.79 bits per heavy atom. The maximum absolute atomic E-state index is 12.4. The van der Waals surface area contributed by atoms with Gasteiger partial charge in [-0.05, 0) is 12.1 Å². The third-order valence-corrected chi connectivity index (χ3v) is 11.4. The van der Waals surface area contributed by atoms with E-state index in [2.05, 4.69) is 13.6 Å². The number of nitrogens with zero attached hydrogens (tertiary/aromatic N) is 2. The topological polar surface area (TPSA) is 401 Å². The molecule has 9 N–H and O–H groups in total. The number of aliphatic hydroxyl groups excluding tert-OH is 1. The van der Waals surface area contributed by atoms with Crippen LogP contribution in [0.3, 0.4) is 0 Å². The van der Waals surface area contributed by atoms with Gasteiger partial charge in [-0.1, -0.05) is 18.2 Å². The number of carbonyl (C=O) groups is 1. The van der Waals surface area contributed by atoms with Gasteiger partial charge in [-0.25, -0.2) is 27.8 Å². The van der Waals surface area contributed by atoms with Gasteiger partial charge in [-0.3, -0.25) is 37.8 Å². The molecule has 0 aliphatic carbocycles. The van der Waals surface area contributed by atoms with Crippen molar-refractivity contribution in [2.75, 3.05) is 12.7 Å². The molecule has 1 aromatic carbocycles. The maximum atomic E-state index is 12.4. The van der Waals surface area contributed by atoms with E-state index in [1.54, 1.807) is 30.3 Å². The minimum atomic E-state index is -5.61. The van der Waals surface area contributed by atoms with Gasteiger partial charge in [0, 0.05) is 37.4 Å². The number of hydrogen-bond acceptors (Lipinski definition) is 17. The zero-order valence-electron chi connectivity index (χ0n) is 27.8. The molecule has 27 nitrogen and oxygen atoms in total. The number of ether oxygens (including phenoxy) is 5. The lowest BCUT2D eigenvalue weighted by molar-refractivity contribution is -0.147. The Labute approximate surface area is 310 Å². The lowest BCUT2D eigenvalue weighted by atomic mass is 10.2. The molecule has 2 saturated heterocycles. The van der Waals surface area contributed by atoms with Crippen LogP contribution in [0, 0.1) is 0 Å². The number of esters is 1. The van der Waals surface area contributed by atoms with Crippen molar-refractivity contribution in [1.82, 2.24) is 19.1 Å². The van der Waals surface area contributed by atoms with Crippen LogP contribution in [0.2, 0.25) is 0 Å². The van der Waals surface area contributed by atoms with Crippen LogP contribution in [-0.2, 0) is 50.6 Å². The summed E-state index contributed by atoms with van der Waals surface area (Å²) in [4.78, 5) is 116. The molecule has 2 aliphatic rings. The number of phosphoric acid groups is 2. The summed E-state index contributed by atoms with van der Waals surface area (Å²) in [5.74, 6) is -0.674. The average Bonchev–Trinajstić information content (AvgIpc) is 3.64. The molecule has 0 radical (unpaired) electrons. The highest BCUT2D eigenvalue weighted by Crippen LogP contribution is 2.66. The van der Waals surface area contributed by atoms with Gasteiger partial charge >= 0.3 is 48.2 Å². The predicted molar refractivity (Wildman–Crippen MR) is 179 cm³/mol. The molecule has 310 valence electrons. The fraction of sp³-hybridized carbons (Fsp3) is 0.400. The fourth-order valence-electron chi connectivity index (χ4n) is 4.76. The molecule has 2 unspecified atom stereocenters. The number of rotatable bonds is 14. The number of H-pyrrole nitrogens is 2. The van der Waals surface area contributed by atoms with Crippen molar-refractivity contribution in [2.24, 2.45) is 0 Å². The van der Waals surface area contributed by atoms with Crippen molar-refractivity contribution in [2.45, 2.75) is 50.1 Å². The van der Waals surface area contributed by atoms with Crippen molar-refractivity contribution >= 4 is 36.8 Å². The van der Waals surface area contributed by atoms with Crippen LogP contribution >= 0.6 is 30.8 Å². The lowest BCUT2D eigenvalue weighted by Crippen LogP contribution is -2.36. The smallest absolute Gasteiger partial charge is 0.454 e. The summed E-state index contributed by atoms with van der Waals surface area (Å²) in [6, 6.07) is 10.2. The Bertz CT molecular complexity index is 2280. The van der Waals surface area contributed by atoms with Gasteiger partial charge in [0.15, 0.2) is 43.8 Å². The summed E-state index contributed by atoms with van der Waals surface area (Å²) in [6.45, 7) is 0. The Morgan fingerprint density at radius 1 is 0.732 bits per heavy atom. The molecule has 3 aromatic rings. The van der Waals surface area contributed by atoms with E-state index < -0.39 is 109 Å². The van der Waals surface area contributed by atoms with Crippen LogP contribution in [-0.4, -0.2) is 97.0 Å². The molecule has 5 rings (SSSR count). The normalized spacial score (nSPS) is 24.7. The van der Waals surface area contributed by atoms with E-state index in [0.717, 1.165) is 27.5 Å². The second-order valence-corrected chi connectivity index (χ2v) is 17.7. The van der Waals surface area contributed by atoms with E-state index >= 15 is 0 Å². The molecule has 2 aliphatic heterocycles. The van der Waals surface area contributed by atoms with Gasteiger partial charge in [0.25, 0.3) is 11.1 Å². The van der Waals surface area contributed by atoms with Crippen molar-refractivity contribution in [1.29, 1.82) is 0 Å². The summed E-state index contributed by atoms with van der Waals surface area (Å²) in [7, 11) is -20.6. The zero-order chi connectivity index (χ0) is 41.6. The van der Waals surface area contributed by atoms with E-state index in [4.69, 9.17) is 48.2 Å². The molecule has 4 heterocycles. The first-order valence-corrected chi connectivity index (χ1v) is 21.8. The molecule has 0 bridgehead atoms. The molecule has 8 atom stereocenters. The van der Waals surface area contributed by atoms with Gasteiger partial charge in [-0.2, -0.15) is 4.31 Å². The molecule has 2 fully saturated rings. The van der Waals surface area contributed by atoms with Gasteiger partial charge in [0.2, 0.25) is 0 Å². The average molecular weight is 880 g/mol. The zero-order valence-corrected chi connectivity index (χ0v) is 31.4. The largest absolute Gasteiger partial charge is 0.488 e. The monoisotopic (exact) mass is 880 g/mol. The summed E-state index contributed by atoms with van der Waals surface area (Å²) in [5.41, 5.74) is -2.73. The van der Waals surface area contributed by atoms with Gasteiger partial charge in [0.05, 0.1) is 5.56 Å². The van der Waals surface area contributed by atoms with E-state index in [-0.39, 0.29) is 18.4 Å². The summed E-state index contributed by atoms with van der Waals surface area (Å²) >= 11 is 0. The second-order valence-electron chi connectivity index (χ2n) is 11.3. The Hall–Kier alpha value is -3.55. The van der Waals surface area contributed by atoms with Crippen LogP contribution in [0.4, 0.5) is 0 Å². The third-order valence-electron chi connectivity index (χ3n) is 6.90. The molecule has 0 saturated carbocycles. The van der Waals surface area contributed by atoms with Crippen LogP contribution < -0.4 is 22.5 Å². The van der Waals surface area contributed by atoms with E-state index in [1.165, 1.54) is 6.20 Å². The van der Waals surface area contributed by atoms with E-state index in [1.807, 2.05) is 4.98 Å². The van der Waals surface area contributed by atoms with E-state index in [0.29, 0.717) is 0 Å².